The van der Waals surface area contributed by atoms with Gasteiger partial charge in [0.25, 0.3) is 0 Å². The predicted molar refractivity (Wildman–Crippen MR) is 55.8 cm³/mol. The van der Waals surface area contributed by atoms with Gasteiger partial charge in [-0.2, -0.15) is 0 Å². The van der Waals surface area contributed by atoms with Crippen molar-refractivity contribution in [1.82, 2.24) is 0 Å². The first-order valence-electron chi connectivity index (χ1n) is 4.10. The number of carbonyl (C=O) groups is 1. The maximum absolute atomic E-state index is 10.0. The SMILES string of the molecule is C=C.CC.CC(C)/C=C/C(N)=O. The highest BCUT2D eigenvalue weighted by molar-refractivity contribution is 5.85. The van der Waals surface area contributed by atoms with Crippen LogP contribution in [0.2, 0.25) is 0 Å². The first kappa shape index (κ1) is 17.2. The Morgan fingerprint density at radius 2 is 1.67 bits per heavy atom. The molecule has 0 radical (unpaired) electrons. The van der Waals surface area contributed by atoms with Crippen LogP contribution in [0.1, 0.15) is 27.7 Å². The lowest BCUT2D eigenvalue weighted by Gasteiger charge is -1.88. The Morgan fingerprint density at radius 3 is 1.75 bits per heavy atom. The normalized spacial score (nSPS) is 8.08. The minimum Gasteiger partial charge on any atom is -0.366 e. The van der Waals surface area contributed by atoms with Gasteiger partial charge in [0.05, 0.1) is 0 Å². The molecule has 1 amide bonds. The third kappa shape index (κ3) is 36.3. The van der Waals surface area contributed by atoms with Gasteiger partial charge in [0.2, 0.25) is 5.91 Å². The van der Waals surface area contributed by atoms with E-state index in [0.717, 1.165) is 0 Å². The molecule has 0 fully saturated rings. The first-order valence-corrected chi connectivity index (χ1v) is 4.10. The molecule has 0 spiro atoms. The molecule has 12 heavy (non-hydrogen) atoms. The third-order valence-corrected chi connectivity index (χ3v) is 0.645. The van der Waals surface area contributed by atoms with Crippen LogP contribution in [0.15, 0.2) is 25.3 Å². The summed E-state index contributed by atoms with van der Waals surface area (Å²) in [5, 5.41) is 0. The van der Waals surface area contributed by atoms with Gasteiger partial charge in [-0.15, -0.1) is 13.2 Å². The molecule has 0 aromatic carbocycles. The monoisotopic (exact) mass is 171 g/mol. The Labute approximate surface area is 76.2 Å². The first-order chi connectivity index (χ1) is 5.63. The molecular formula is C10H21NO. The predicted octanol–water partition coefficient (Wildman–Crippen LogP) is 2.51. The zero-order chi connectivity index (χ0) is 10.6. The molecule has 0 unspecified atom stereocenters. The number of primary amides is 1. The maximum Gasteiger partial charge on any atom is 0.241 e. The van der Waals surface area contributed by atoms with Gasteiger partial charge in [0, 0.05) is 0 Å². The number of hydrogen-bond donors (Lipinski definition) is 1. The van der Waals surface area contributed by atoms with Crippen molar-refractivity contribution in [2.45, 2.75) is 27.7 Å². The van der Waals surface area contributed by atoms with E-state index in [2.05, 4.69) is 13.2 Å². The van der Waals surface area contributed by atoms with Crippen molar-refractivity contribution < 1.29 is 4.79 Å². The highest BCUT2D eigenvalue weighted by Gasteiger charge is 1.84. The van der Waals surface area contributed by atoms with Crippen LogP contribution >= 0.6 is 0 Å². The number of allylic oxidation sites excluding steroid dienone is 1. The fourth-order valence-corrected chi connectivity index (χ4v) is 0.287. The van der Waals surface area contributed by atoms with Crippen molar-refractivity contribution in [2.75, 3.05) is 0 Å². The average molecular weight is 171 g/mol. The van der Waals surface area contributed by atoms with E-state index in [1.165, 1.54) is 6.08 Å². The van der Waals surface area contributed by atoms with Gasteiger partial charge in [0.1, 0.15) is 0 Å². The van der Waals surface area contributed by atoms with Gasteiger partial charge in [-0.25, -0.2) is 0 Å². The molecule has 0 aromatic rings. The van der Waals surface area contributed by atoms with Crippen LogP contribution in [0.25, 0.3) is 0 Å². The molecule has 0 aliphatic rings. The van der Waals surface area contributed by atoms with Crippen LogP contribution in [0.5, 0.6) is 0 Å². The van der Waals surface area contributed by atoms with Crippen LogP contribution in [-0.4, -0.2) is 5.91 Å². The van der Waals surface area contributed by atoms with Crippen LogP contribution in [-0.2, 0) is 4.79 Å². The van der Waals surface area contributed by atoms with E-state index in [1.54, 1.807) is 6.08 Å². The topological polar surface area (TPSA) is 43.1 Å². The van der Waals surface area contributed by atoms with E-state index >= 15 is 0 Å². The number of rotatable bonds is 2. The fourth-order valence-electron chi connectivity index (χ4n) is 0.287. The van der Waals surface area contributed by atoms with Gasteiger partial charge in [0.15, 0.2) is 0 Å². The summed E-state index contributed by atoms with van der Waals surface area (Å²) < 4.78 is 0. The summed E-state index contributed by atoms with van der Waals surface area (Å²) in [6.07, 6.45) is 3.15. The zero-order valence-corrected chi connectivity index (χ0v) is 8.63. The maximum atomic E-state index is 10.0. The quantitative estimate of drug-likeness (QED) is 0.503. The minimum atomic E-state index is -0.376. The minimum absolute atomic E-state index is 0.376. The summed E-state index contributed by atoms with van der Waals surface area (Å²) in [6.45, 7) is 14.0. The Hall–Kier alpha value is -1.05. The molecule has 2 N–H and O–H groups in total. The van der Waals surface area contributed by atoms with Gasteiger partial charge in [-0.05, 0) is 12.0 Å². The largest absolute Gasteiger partial charge is 0.366 e. The van der Waals surface area contributed by atoms with Crippen LogP contribution < -0.4 is 5.73 Å². The van der Waals surface area contributed by atoms with Crippen LogP contribution in [0.4, 0.5) is 0 Å². The number of amides is 1. The van der Waals surface area contributed by atoms with E-state index in [4.69, 9.17) is 5.73 Å². The lowest BCUT2D eigenvalue weighted by Crippen LogP contribution is -2.05. The van der Waals surface area contributed by atoms with E-state index in [-0.39, 0.29) is 5.91 Å². The summed E-state index contributed by atoms with van der Waals surface area (Å²) in [5.74, 6) is 0.0289. The molecule has 0 bridgehead atoms. The Bertz CT molecular complexity index is 117. The molecule has 0 atom stereocenters. The Morgan fingerprint density at radius 1 is 1.33 bits per heavy atom. The van der Waals surface area contributed by atoms with Gasteiger partial charge < -0.3 is 5.73 Å². The molecule has 2 heteroatoms. The molecule has 0 rings (SSSR count). The van der Waals surface area contributed by atoms with Crippen molar-refractivity contribution in [3.8, 4) is 0 Å². The van der Waals surface area contributed by atoms with E-state index in [9.17, 15) is 4.79 Å². The van der Waals surface area contributed by atoms with Crippen molar-refractivity contribution in [3.63, 3.8) is 0 Å². The summed E-state index contributed by atoms with van der Waals surface area (Å²) in [4.78, 5) is 10.0. The number of carbonyl (C=O) groups excluding carboxylic acids is 1. The Kier molecular flexibility index (Phi) is 23.6. The number of hydrogen-bond acceptors (Lipinski definition) is 1. The fraction of sp³-hybridized carbons (Fsp3) is 0.500. The van der Waals surface area contributed by atoms with Gasteiger partial charge >= 0.3 is 0 Å². The molecular weight excluding hydrogens is 150 g/mol. The molecule has 0 heterocycles. The summed E-state index contributed by atoms with van der Waals surface area (Å²) >= 11 is 0. The molecule has 2 nitrogen and oxygen atoms in total. The van der Waals surface area contributed by atoms with Crippen molar-refractivity contribution in [3.05, 3.63) is 25.3 Å². The molecule has 0 aliphatic heterocycles. The van der Waals surface area contributed by atoms with E-state index < -0.39 is 0 Å². The van der Waals surface area contributed by atoms with Crippen molar-refractivity contribution in [1.29, 1.82) is 0 Å². The lowest BCUT2D eigenvalue weighted by atomic mass is 10.2. The highest BCUT2D eigenvalue weighted by atomic mass is 16.1. The average Bonchev–Trinajstić information content (AvgIpc) is 2.08. The molecule has 0 aliphatic carbocycles. The summed E-state index contributed by atoms with van der Waals surface area (Å²) in [5.41, 5.74) is 4.81. The highest BCUT2D eigenvalue weighted by Crippen LogP contribution is 1.91. The van der Waals surface area contributed by atoms with E-state index in [0.29, 0.717) is 5.92 Å². The van der Waals surface area contributed by atoms with Gasteiger partial charge in [-0.1, -0.05) is 33.8 Å². The smallest absolute Gasteiger partial charge is 0.241 e. The van der Waals surface area contributed by atoms with E-state index in [1.807, 2.05) is 27.7 Å². The zero-order valence-electron chi connectivity index (χ0n) is 8.63. The van der Waals surface area contributed by atoms with Crippen LogP contribution in [0, 0.1) is 5.92 Å². The van der Waals surface area contributed by atoms with Gasteiger partial charge in [-0.3, -0.25) is 4.79 Å². The molecule has 0 saturated carbocycles. The second-order valence-electron chi connectivity index (χ2n) is 2.01. The molecule has 72 valence electrons. The van der Waals surface area contributed by atoms with Crippen molar-refractivity contribution >= 4 is 5.91 Å². The lowest BCUT2D eigenvalue weighted by molar-refractivity contribution is -0.113. The molecule has 0 aromatic heterocycles. The number of nitrogens with two attached hydrogens (primary N) is 1. The summed E-state index contributed by atoms with van der Waals surface area (Å²) in [6, 6.07) is 0. The third-order valence-electron chi connectivity index (χ3n) is 0.645. The molecule has 0 saturated heterocycles. The van der Waals surface area contributed by atoms with Crippen molar-refractivity contribution in [2.24, 2.45) is 11.7 Å². The second-order valence-corrected chi connectivity index (χ2v) is 2.01. The Balaban J connectivity index is -0.000000175. The van der Waals surface area contributed by atoms with Crippen LogP contribution in [0.3, 0.4) is 0 Å². The standard InChI is InChI=1S/C6H11NO.C2H6.C2H4/c1-5(2)3-4-6(7)8;2*1-2/h3-5H,1-2H3,(H2,7,8);1-2H3;1-2H2/b4-3+;;. The summed E-state index contributed by atoms with van der Waals surface area (Å²) in [7, 11) is 0. The second kappa shape index (κ2) is 16.5.